The fourth-order valence-corrected chi connectivity index (χ4v) is 14.2. The summed E-state index contributed by atoms with van der Waals surface area (Å²) in [5.74, 6) is 2.47. The molecule has 12 heterocycles. The van der Waals surface area contributed by atoms with Crippen LogP contribution >= 0.6 is 34.8 Å². The molecule has 34 heteroatoms. The van der Waals surface area contributed by atoms with E-state index in [1.807, 2.05) is 46.4 Å². The molecule has 31 nitrogen and oxygen atoms in total. The third-order valence-corrected chi connectivity index (χ3v) is 19.3. The Morgan fingerprint density at radius 1 is 0.451 bits per heavy atom. The van der Waals surface area contributed by atoms with Crippen LogP contribution in [0.3, 0.4) is 0 Å². The number of nitrogens with two attached hydrogens (primary N) is 3. The molecular formula is C68H80Cl3N21O10. The molecule has 0 radical (unpaired) electrons. The lowest BCUT2D eigenvalue weighted by atomic mass is 10.1. The third-order valence-electron chi connectivity index (χ3n) is 18.5. The van der Waals surface area contributed by atoms with E-state index in [1.54, 1.807) is 88.7 Å². The summed E-state index contributed by atoms with van der Waals surface area (Å²) in [5.41, 5.74) is 27.3. The number of aryl methyl sites for hydroxylation is 3. The molecule has 0 atom stereocenters. The molecule has 2 fully saturated rings. The lowest BCUT2D eigenvalue weighted by molar-refractivity contribution is -0.128. The van der Waals surface area contributed by atoms with E-state index < -0.39 is 11.8 Å². The van der Waals surface area contributed by atoms with Crippen molar-refractivity contribution in [3.8, 4) is 17.2 Å². The van der Waals surface area contributed by atoms with Gasteiger partial charge in [0.25, 0.3) is 11.8 Å². The van der Waals surface area contributed by atoms with Crippen molar-refractivity contribution in [3.05, 3.63) is 120 Å². The number of carbonyl (C=O) groups excluding carboxylic acids is 6. The first-order valence-corrected chi connectivity index (χ1v) is 34.2. The molecule has 13 rings (SSSR count). The van der Waals surface area contributed by atoms with Gasteiger partial charge in [-0.1, -0.05) is 46.9 Å². The van der Waals surface area contributed by atoms with Crippen molar-refractivity contribution in [1.82, 2.24) is 59.6 Å². The van der Waals surface area contributed by atoms with Crippen molar-refractivity contribution in [2.24, 2.45) is 0 Å². The molecule has 0 saturated carbocycles. The second kappa shape index (κ2) is 31.4. The predicted octanol–water partition coefficient (Wildman–Crippen LogP) is 5.90. The molecular weight excluding hydrogens is 1380 g/mol. The van der Waals surface area contributed by atoms with Crippen molar-refractivity contribution in [2.45, 2.75) is 80.4 Å². The highest BCUT2D eigenvalue weighted by Crippen LogP contribution is 2.43. The Balaban J connectivity index is 0.000000154. The van der Waals surface area contributed by atoms with Gasteiger partial charge >= 0.3 is 0 Å². The standard InChI is InChI=1S/C25H24ClN7O4.C22H30ClN7O3.C21H26ClN7O3/c1-13-10-28-17(14(2)20(13)37-3)11-31-12-18(34)32(19-21(26)29-25(27)30-22(19)31)8-9-33-23(35)15-6-4-5-7-16(15)24(33)36;1-14-11-25-16(15(2)19(14)32-3)12-29-13-17(31)30(6-4-5-28-7-9-33-10-8-28)18-20(23)26-22(24)27-21(18)29;1-12-9-24-14(13(2)18(12)32-3)10-28-11-16(31)29(8-7-27-6-4-5-15(27)30)17-19(22)25-21(23)26-20(17)28/h4-7,10H,8-9,11-12H2,1-3H3,(H2,27,29,30);11H,4-10,12-13H2,1-3H3,(H2,24,26,27);9H,4-8,10-11H2,1-3H3,(H2,23,25,26). The van der Waals surface area contributed by atoms with E-state index in [0.29, 0.717) is 91.3 Å². The van der Waals surface area contributed by atoms with Crippen LogP contribution in [-0.2, 0) is 43.5 Å². The van der Waals surface area contributed by atoms with Crippen LogP contribution in [0.1, 0.15) is 90.4 Å². The van der Waals surface area contributed by atoms with Gasteiger partial charge in [-0.2, -0.15) is 29.9 Å². The Morgan fingerprint density at radius 3 is 1.18 bits per heavy atom. The Kier molecular flexibility index (Phi) is 22.5. The number of carbonyl (C=O) groups is 6. The van der Waals surface area contributed by atoms with E-state index in [0.717, 1.165) is 113 Å². The largest absolute Gasteiger partial charge is 0.496 e. The van der Waals surface area contributed by atoms with Crippen LogP contribution in [0.25, 0.3) is 0 Å². The Morgan fingerprint density at radius 2 is 0.814 bits per heavy atom. The van der Waals surface area contributed by atoms with Gasteiger partial charge in [0.05, 0.1) is 102 Å². The van der Waals surface area contributed by atoms with Gasteiger partial charge in [-0.25, -0.2) is 0 Å². The van der Waals surface area contributed by atoms with Crippen LogP contribution in [0.5, 0.6) is 17.2 Å². The van der Waals surface area contributed by atoms with Gasteiger partial charge in [0.2, 0.25) is 41.5 Å². The number of benzene rings is 1. The number of ether oxygens (including phenoxy) is 4. The fourth-order valence-electron chi connectivity index (χ4n) is 13.4. The van der Waals surface area contributed by atoms with Crippen LogP contribution in [0.2, 0.25) is 15.5 Å². The van der Waals surface area contributed by atoms with Crippen LogP contribution in [0.15, 0.2) is 42.9 Å². The van der Waals surface area contributed by atoms with Gasteiger partial charge in [-0.3, -0.25) is 53.5 Å². The van der Waals surface area contributed by atoms with E-state index in [9.17, 15) is 28.8 Å². The minimum absolute atomic E-state index is 0.00548. The maximum Gasteiger partial charge on any atom is 0.261 e. The van der Waals surface area contributed by atoms with E-state index in [2.05, 4.69) is 49.8 Å². The molecule has 6 N–H and O–H groups in total. The fraction of sp³-hybridized carbons (Fsp3) is 0.426. The van der Waals surface area contributed by atoms with E-state index in [-0.39, 0.29) is 102 Å². The minimum Gasteiger partial charge on any atom is -0.496 e. The van der Waals surface area contributed by atoms with Gasteiger partial charge in [-0.15, -0.1) is 0 Å². The molecule has 1 aromatic carbocycles. The van der Waals surface area contributed by atoms with Crippen LogP contribution < -0.4 is 60.8 Å². The number of nitrogen functional groups attached to an aromatic ring is 3. The summed E-state index contributed by atoms with van der Waals surface area (Å²) in [7, 11) is 4.86. The smallest absolute Gasteiger partial charge is 0.261 e. The number of rotatable bonds is 19. The average molecular weight is 1460 g/mol. The Hall–Kier alpha value is -10.1. The number of amides is 6. The molecule has 7 aromatic rings. The topological polar surface area (TPSA) is 363 Å². The highest BCUT2D eigenvalue weighted by Gasteiger charge is 2.41. The van der Waals surface area contributed by atoms with Crippen molar-refractivity contribution in [1.29, 1.82) is 0 Å². The maximum atomic E-state index is 13.3. The average Bonchev–Trinajstić information content (AvgIpc) is 1.20. The quantitative estimate of drug-likeness (QED) is 0.0626. The van der Waals surface area contributed by atoms with Gasteiger partial charge in [0.15, 0.2) is 32.9 Å². The first kappa shape index (κ1) is 73.1. The first-order chi connectivity index (χ1) is 48.9. The second-order valence-corrected chi connectivity index (χ2v) is 26.2. The Labute approximate surface area is 604 Å². The van der Waals surface area contributed by atoms with Crippen LogP contribution in [0.4, 0.5) is 52.4 Å². The van der Waals surface area contributed by atoms with Gasteiger partial charge < -0.3 is 70.4 Å². The number of imide groups is 1. The molecule has 6 aromatic heterocycles. The van der Waals surface area contributed by atoms with E-state index in [1.165, 1.54) is 4.90 Å². The van der Waals surface area contributed by atoms with Crippen LogP contribution in [0, 0.1) is 41.5 Å². The van der Waals surface area contributed by atoms with Crippen molar-refractivity contribution >= 4 is 123 Å². The predicted molar refractivity (Wildman–Crippen MR) is 385 cm³/mol. The molecule has 102 heavy (non-hydrogen) atoms. The van der Waals surface area contributed by atoms with E-state index >= 15 is 0 Å². The molecule has 0 unspecified atom stereocenters. The summed E-state index contributed by atoms with van der Waals surface area (Å²) in [6, 6.07) is 6.62. The molecule has 6 amide bonds. The molecule has 2 saturated heterocycles. The number of aromatic nitrogens is 9. The number of morpholine rings is 1. The summed E-state index contributed by atoms with van der Waals surface area (Å²) in [6.45, 7) is 18.9. The lowest BCUT2D eigenvalue weighted by Crippen LogP contribution is -2.49. The lowest BCUT2D eigenvalue weighted by Gasteiger charge is -2.37. The molecule has 538 valence electrons. The SMILES string of the molecule is COc1c(C)cnc(CN2CC(=O)N(CCCN3CCOCC3)c3c(Cl)nc(N)nc32)c1C.COc1c(C)cnc(CN2CC(=O)N(CCN3C(=O)c4ccccc4C3=O)c3c(Cl)nc(N)nc32)c1C.COc1c(C)cnc(CN2CC(=O)N(CCN3CCCC3=O)c3c(Cl)nc(N)nc32)c1C. The summed E-state index contributed by atoms with van der Waals surface area (Å²) < 4.78 is 22.0. The maximum absolute atomic E-state index is 13.3. The zero-order chi connectivity index (χ0) is 73.0. The molecule has 6 aliphatic rings. The van der Waals surface area contributed by atoms with Crippen molar-refractivity contribution in [2.75, 3.05) is 160 Å². The number of nitrogens with zero attached hydrogens (tertiary/aromatic N) is 18. The third kappa shape index (κ3) is 15.2. The Bertz CT molecular complexity index is 4400. The molecule has 6 aliphatic heterocycles. The summed E-state index contributed by atoms with van der Waals surface area (Å²) in [6.07, 6.45) is 7.42. The number of methoxy groups -OCH3 is 3. The molecule has 0 bridgehead atoms. The monoisotopic (exact) mass is 1460 g/mol. The minimum atomic E-state index is -0.401. The van der Waals surface area contributed by atoms with Crippen molar-refractivity contribution in [3.63, 3.8) is 0 Å². The molecule has 0 spiro atoms. The second-order valence-electron chi connectivity index (χ2n) is 25.1. The normalized spacial score (nSPS) is 15.8. The van der Waals surface area contributed by atoms with Gasteiger partial charge in [0.1, 0.15) is 34.3 Å². The number of fused-ring (bicyclic) bond motifs is 4. The molecule has 0 aliphatic carbocycles. The van der Waals surface area contributed by atoms with Gasteiger partial charge in [0, 0.05) is 117 Å². The zero-order valence-corrected chi connectivity index (χ0v) is 60.4. The van der Waals surface area contributed by atoms with Crippen molar-refractivity contribution < 1.29 is 47.7 Å². The highest BCUT2D eigenvalue weighted by molar-refractivity contribution is 6.35. The number of hydrogen-bond acceptors (Lipinski definition) is 26. The van der Waals surface area contributed by atoms with Gasteiger partial charge in [-0.05, 0) is 66.5 Å². The van der Waals surface area contributed by atoms with E-state index in [4.69, 9.17) is 71.0 Å². The summed E-state index contributed by atoms with van der Waals surface area (Å²) >= 11 is 19.4. The zero-order valence-electron chi connectivity index (χ0n) is 58.2. The number of hydrogen-bond donors (Lipinski definition) is 3. The number of likely N-dealkylation sites (tertiary alicyclic amines) is 1. The summed E-state index contributed by atoms with van der Waals surface area (Å²) in [4.78, 5) is 132. The number of pyridine rings is 3. The van der Waals surface area contributed by atoms with Crippen LogP contribution in [-0.4, -0.2) is 208 Å². The highest BCUT2D eigenvalue weighted by atomic mass is 35.5. The number of halogens is 3. The number of anilines is 9. The summed E-state index contributed by atoms with van der Waals surface area (Å²) in [5, 5.41) is 0.270. The first-order valence-electron chi connectivity index (χ1n) is 33.0.